The van der Waals surface area contributed by atoms with Crippen molar-refractivity contribution < 1.29 is 4.79 Å². The molecule has 0 unspecified atom stereocenters. The lowest BCUT2D eigenvalue weighted by Gasteiger charge is -2.39. The highest BCUT2D eigenvalue weighted by atomic mass is 16.2. The van der Waals surface area contributed by atoms with Gasteiger partial charge >= 0.3 is 0 Å². The van der Waals surface area contributed by atoms with Gasteiger partial charge in [-0.2, -0.15) is 0 Å². The summed E-state index contributed by atoms with van der Waals surface area (Å²) in [5.74, 6) is 2.35. The van der Waals surface area contributed by atoms with E-state index >= 15 is 0 Å². The van der Waals surface area contributed by atoms with Gasteiger partial charge in [0.2, 0.25) is 0 Å². The highest BCUT2D eigenvalue weighted by molar-refractivity contribution is 5.94. The first-order valence-corrected chi connectivity index (χ1v) is 13.3. The third kappa shape index (κ3) is 6.40. The number of nitrogens with one attached hydrogen (secondary N) is 2. The molecule has 0 bridgehead atoms. The van der Waals surface area contributed by atoms with Crippen LogP contribution >= 0.6 is 0 Å². The summed E-state index contributed by atoms with van der Waals surface area (Å²) in [6.45, 7) is 3.46. The molecular formula is C28H38N6O. The van der Waals surface area contributed by atoms with Crippen LogP contribution in [0.3, 0.4) is 0 Å². The van der Waals surface area contributed by atoms with Crippen LogP contribution in [-0.4, -0.2) is 54.8 Å². The second-order valence-corrected chi connectivity index (χ2v) is 10.2. The molecule has 0 spiro atoms. The minimum atomic E-state index is -0.0135. The Labute approximate surface area is 208 Å². The van der Waals surface area contributed by atoms with Crippen LogP contribution in [-0.2, 0) is 19.5 Å². The molecule has 1 amide bonds. The summed E-state index contributed by atoms with van der Waals surface area (Å²) in [7, 11) is 0. The molecule has 1 saturated heterocycles. The molecule has 3 aromatic rings. The van der Waals surface area contributed by atoms with Crippen LogP contribution in [0, 0.1) is 5.92 Å². The Morgan fingerprint density at radius 3 is 2.09 bits per heavy atom. The van der Waals surface area contributed by atoms with Crippen molar-refractivity contribution >= 4 is 5.91 Å². The van der Waals surface area contributed by atoms with Gasteiger partial charge in [0.1, 0.15) is 11.6 Å². The summed E-state index contributed by atoms with van der Waals surface area (Å²) >= 11 is 0. The van der Waals surface area contributed by atoms with Crippen LogP contribution in [0.4, 0.5) is 0 Å². The maximum atomic E-state index is 13.3. The maximum Gasteiger partial charge on any atom is 0.254 e. The Balaban J connectivity index is 1.13. The fourth-order valence-electron chi connectivity index (χ4n) is 5.78. The molecule has 2 fully saturated rings. The normalized spacial score (nSPS) is 21.1. The first kappa shape index (κ1) is 23.8. The molecular weight excluding hydrogens is 436 g/mol. The first-order chi connectivity index (χ1) is 17.2. The Morgan fingerprint density at radius 1 is 0.886 bits per heavy atom. The summed E-state index contributed by atoms with van der Waals surface area (Å²) in [5.41, 5.74) is 2.03. The molecule has 186 valence electrons. The van der Waals surface area contributed by atoms with Crippen molar-refractivity contribution in [3.05, 3.63) is 71.8 Å². The van der Waals surface area contributed by atoms with Crippen LogP contribution in [0.5, 0.6) is 0 Å². The lowest BCUT2D eigenvalue weighted by molar-refractivity contribution is 0.0721. The van der Waals surface area contributed by atoms with E-state index in [1.807, 2.05) is 12.1 Å². The number of aromatic nitrogens is 4. The van der Waals surface area contributed by atoms with E-state index in [9.17, 15) is 4.79 Å². The smallest absolute Gasteiger partial charge is 0.254 e. The van der Waals surface area contributed by atoms with Crippen molar-refractivity contribution in [2.24, 2.45) is 5.92 Å². The number of amides is 1. The average Bonchev–Trinajstić information content (AvgIpc) is 3.63. The summed E-state index contributed by atoms with van der Waals surface area (Å²) in [5, 5.41) is 0. The Kier molecular flexibility index (Phi) is 7.93. The molecule has 1 aliphatic heterocycles. The number of aromatic amines is 2. The van der Waals surface area contributed by atoms with Gasteiger partial charge < -0.3 is 19.8 Å². The molecule has 2 N–H and O–H groups in total. The molecule has 5 rings (SSSR count). The number of imidazole rings is 2. The van der Waals surface area contributed by atoms with Gasteiger partial charge in [-0.1, -0.05) is 18.6 Å². The predicted octanol–water partition coefficient (Wildman–Crippen LogP) is 4.95. The molecule has 3 heterocycles. The summed E-state index contributed by atoms with van der Waals surface area (Å²) in [6, 6.07) is 9.04. The third-order valence-corrected chi connectivity index (χ3v) is 7.84. The average molecular weight is 475 g/mol. The van der Waals surface area contributed by atoms with Gasteiger partial charge in [-0.15, -0.1) is 0 Å². The van der Waals surface area contributed by atoms with E-state index in [4.69, 9.17) is 0 Å². The molecule has 0 atom stereocenters. The minimum absolute atomic E-state index is 0.0135. The number of H-pyrrole nitrogens is 2. The number of nitrogens with zero attached hydrogens (tertiary/aromatic N) is 4. The zero-order valence-electron chi connectivity index (χ0n) is 20.7. The van der Waals surface area contributed by atoms with E-state index in [1.165, 1.54) is 70.0 Å². The molecule has 1 aliphatic carbocycles. The van der Waals surface area contributed by atoms with Crippen LogP contribution < -0.4 is 0 Å². The van der Waals surface area contributed by atoms with Gasteiger partial charge in [-0.3, -0.25) is 4.79 Å². The van der Waals surface area contributed by atoms with Crippen molar-refractivity contribution in [2.75, 3.05) is 13.1 Å². The lowest BCUT2D eigenvalue weighted by Crippen LogP contribution is -2.41. The highest BCUT2D eigenvalue weighted by Gasteiger charge is 2.26. The number of hydrogen-bond acceptors (Lipinski definition) is 4. The monoisotopic (exact) mass is 474 g/mol. The summed E-state index contributed by atoms with van der Waals surface area (Å²) in [6.07, 6.45) is 19.0. The molecule has 7 heteroatoms. The Bertz CT molecular complexity index is 980. The quantitative estimate of drug-likeness (QED) is 0.460. The van der Waals surface area contributed by atoms with Crippen molar-refractivity contribution in [1.29, 1.82) is 0 Å². The number of carbonyl (C=O) groups excluding carboxylic acids is 1. The molecule has 2 aliphatic rings. The van der Waals surface area contributed by atoms with Gasteiger partial charge in [0.15, 0.2) is 0 Å². The van der Waals surface area contributed by atoms with E-state index in [0.717, 1.165) is 30.0 Å². The number of benzene rings is 1. The van der Waals surface area contributed by atoms with Crippen LogP contribution in [0.15, 0.2) is 49.1 Å². The van der Waals surface area contributed by atoms with Crippen molar-refractivity contribution in [2.45, 2.75) is 76.9 Å². The molecule has 1 saturated carbocycles. The predicted molar refractivity (Wildman–Crippen MR) is 137 cm³/mol. The SMILES string of the molecule is O=C(c1ccc(CCC2CCC(N3CCCCC3)CC2)cc1)N(Cc1ncc[nH]1)Cc1ncc[nH]1. The van der Waals surface area contributed by atoms with E-state index in [-0.39, 0.29) is 5.91 Å². The largest absolute Gasteiger partial charge is 0.347 e. The van der Waals surface area contributed by atoms with E-state index in [0.29, 0.717) is 18.7 Å². The van der Waals surface area contributed by atoms with Gasteiger partial charge in [0.05, 0.1) is 13.1 Å². The number of rotatable bonds is 9. The lowest BCUT2D eigenvalue weighted by atomic mass is 9.81. The van der Waals surface area contributed by atoms with Crippen molar-refractivity contribution in [3.63, 3.8) is 0 Å². The van der Waals surface area contributed by atoms with Gasteiger partial charge in [0, 0.05) is 36.4 Å². The van der Waals surface area contributed by atoms with E-state index in [1.54, 1.807) is 29.7 Å². The number of piperidine rings is 1. The fourth-order valence-corrected chi connectivity index (χ4v) is 5.78. The molecule has 35 heavy (non-hydrogen) atoms. The van der Waals surface area contributed by atoms with Gasteiger partial charge in [-0.05, 0) is 88.1 Å². The number of likely N-dealkylation sites (tertiary alicyclic amines) is 1. The number of hydrogen-bond donors (Lipinski definition) is 2. The van der Waals surface area contributed by atoms with Crippen molar-refractivity contribution in [1.82, 2.24) is 29.7 Å². The molecule has 7 nitrogen and oxygen atoms in total. The zero-order valence-corrected chi connectivity index (χ0v) is 20.7. The second-order valence-electron chi connectivity index (χ2n) is 10.2. The number of aryl methyl sites for hydroxylation is 1. The van der Waals surface area contributed by atoms with Gasteiger partial charge in [-0.25, -0.2) is 9.97 Å². The van der Waals surface area contributed by atoms with Crippen LogP contribution in [0.2, 0.25) is 0 Å². The minimum Gasteiger partial charge on any atom is -0.347 e. The molecule has 2 aromatic heterocycles. The standard InChI is InChI=1S/C28H38N6O/c35-28(34(20-26-29-14-15-30-26)21-27-31-16-17-32-27)24-10-6-22(7-11-24)4-5-23-8-12-25(13-9-23)33-18-2-1-3-19-33/h6-7,10-11,14-17,23,25H,1-5,8-9,12-13,18-21H2,(H,29,30)(H,31,32). The van der Waals surface area contributed by atoms with Crippen LogP contribution in [0.1, 0.15) is 78.9 Å². The highest BCUT2D eigenvalue weighted by Crippen LogP contribution is 2.32. The Morgan fingerprint density at radius 2 is 1.51 bits per heavy atom. The zero-order chi connectivity index (χ0) is 23.9. The number of carbonyl (C=O) groups is 1. The molecule has 0 radical (unpaired) electrons. The first-order valence-electron chi connectivity index (χ1n) is 13.3. The summed E-state index contributed by atoms with van der Waals surface area (Å²) in [4.78, 5) is 32.6. The second kappa shape index (κ2) is 11.7. The van der Waals surface area contributed by atoms with Gasteiger partial charge in [0.25, 0.3) is 5.91 Å². The molecule has 1 aromatic carbocycles. The third-order valence-electron chi connectivity index (χ3n) is 7.84. The van der Waals surface area contributed by atoms with Crippen molar-refractivity contribution in [3.8, 4) is 0 Å². The summed E-state index contributed by atoms with van der Waals surface area (Å²) < 4.78 is 0. The van der Waals surface area contributed by atoms with Crippen LogP contribution in [0.25, 0.3) is 0 Å². The topological polar surface area (TPSA) is 80.9 Å². The maximum absolute atomic E-state index is 13.3. The Hall–Kier alpha value is -2.93. The fraction of sp³-hybridized carbons (Fsp3) is 0.536. The van der Waals surface area contributed by atoms with E-state index in [2.05, 4.69) is 37.0 Å². The van der Waals surface area contributed by atoms with E-state index < -0.39 is 0 Å².